The van der Waals surface area contributed by atoms with Gasteiger partial charge in [0.15, 0.2) is 0 Å². The zero-order valence-corrected chi connectivity index (χ0v) is 24.5. The van der Waals surface area contributed by atoms with Gasteiger partial charge in [-0.25, -0.2) is 0 Å². The lowest BCUT2D eigenvalue weighted by Gasteiger charge is -2.35. The van der Waals surface area contributed by atoms with Crippen molar-refractivity contribution in [3.05, 3.63) is 24.3 Å². The van der Waals surface area contributed by atoms with Crippen LogP contribution in [0.25, 0.3) is 0 Å². The van der Waals surface area contributed by atoms with Crippen molar-refractivity contribution < 1.29 is 23.9 Å². The number of quaternary nitrogens is 1. The molecule has 3 N–H and O–H groups in total. The molecule has 1 unspecified atom stereocenters. The van der Waals surface area contributed by atoms with Gasteiger partial charge in [0.1, 0.15) is 6.54 Å². The van der Waals surface area contributed by atoms with Crippen LogP contribution >= 0.6 is 7.60 Å². The molecule has 0 aromatic heterocycles. The minimum absolute atomic E-state index is 0.0539. The molecule has 0 bridgehead atoms. The lowest BCUT2D eigenvalue weighted by molar-refractivity contribution is -0.875. The maximum Gasteiger partial charge on any atom is 0.362 e. The third-order valence-corrected chi connectivity index (χ3v) is 7.97. The molecule has 208 valence electrons. The summed E-state index contributed by atoms with van der Waals surface area (Å²) in [6, 6.07) is 0. The minimum atomic E-state index is -4.55. The summed E-state index contributed by atoms with van der Waals surface area (Å²) in [5.41, 5.74) is 0. The van der Waals surface area contributed by atoms with Gasteiger partial charge in [-0.05, 0) is 64.2 Å². The van der Waals surface area contributed by atoms with Crippen molar-refractivity contribution in [1.82, 2.24) is 0 Å². The maximum absolute atomic E-state index is 11.8. The van der Waals surface area contributed by atoms with E-state index < -0.39 is 12.9 Å². The molecular formula is C29H59NO4P+. The van der Waals surface area contributed by atoms with E-state index in [1.54, 1.807) is 0 Å². The molecule has 5 nitrogen and oxygen atoms in total. The van der Waals surface area contributed by atoms with Crippen LogP contribution in [0.1, 0.15) is 129 Å². The zero-order chi connectivity index (χ0) is 26.5. The number of aliphatic hydroxyl groups is 1. The van der Waals surface area contributed by atoms with E-state index in [1.165, 1.54) is 77.0 Å². The summed E-state index contributed by atoms with van der Waals surface area (Å²) in [6.07, 6.45) is 31.3. The first kappa shape index (κ1) is 34.6. The second-order valence-corrected chi connectivity index (χ2v) is 13.3. The van der Waals surface area contributed by atoms with Gasteiger partial charge in [-0.2, -0.15) is 0 Å². The van der Waals surface area contributed by atoms with Crippen molar-refractivity contribution in [3.8, 4) is 0 Å². The summed E-state index contributed by atoms with van der Waals surface area (Å²) in [6.45, 7) is 2.32. The van der Waals surface area contributed by atoms with Gasteiger partial charge >= 0.3 is 7.60 Å². The lowest BCUT2D eigenvalue weighted by Crippen LogP contribution is -2.49. The van der Waals surface area contributed by atoms with Crippen LogP contribution < -0.4 is 0 Å². The number of nitrogens with zero attached hydrogens (tertiary/aromatic N) is 1. The lowest BCUT2D eigenvalue weighted by atomic mass is 10.1. The Kier molecular flexibility index (Phi) is 20.3. The molecule has 6 heteroatoms. The van der Waals surface area contributed by atoms with E-state index in [2.05, 4.69) is 31.2 Å². The summed E-state index contributed by atoms with van der Waals surface area (Å²) in [7, 11) is 0.960. The predicted octanol–water partition coefficient (Wildman–Crippen LogP) is 8.10. The van der Waals surface area contributed by atoms with Gasteiger partial charge in [0.2, 0.25) is 5.34 Å². The quantitative estimate of drug-likeness (QED) is 0.0524. The first-order valence-corrected chi connectivity index (χ1v) is 16.0. The van der Waals surface area contributed by atoms with Gasteiger partial charge in [0.25, 0.3) is 0 Å². The van der Waals surface area contributed by atoms with E-state index in [4.69, 9.17) is 0 Å². The Morgan fingerprint density at radius 2 is 0.971 bits per heavy atom. The van der Waals surface area contributed by atoms with Crippen LogP contribution in [0.3, 0.4) is 0 Å². The Hall–Kier alpha value is -0.450. The van der Waals surface area contributed by atoms with E-state index in [0.29, 0.717) is 10.9 Å². The number of allylic oxidation sites excluding steroid dienone is 4. The molecule has 0 fully saturated rings. The number of unbranched alkanes of at least 4 members (excludes halogenated alkanes) is 15. The highest BCUT2D eigenvalue weighted by molar-refractivity contribution is 7.53. The van der Waals surface area contributed by atoms with Crippen LogP contribution in [-0.2, 0) is 4.57 Å². The molecular weight excluding hydrogens is 457 g/mol. The van der Waals surface area contributed by atoms with Crippen LogP contribution in [0, 0.1) is 0 Å². The number of hydrogen-bond donors (Lipinski definition) is 3. The van der Waals surface area contributed by atoms with Gasteiger partial charge in [-0.15, -0.1) is 0 Å². The number of likely N-dealkylation sites (N-methyl/N-ethyl adjacent to an activating group) is 1. The Morgan fingerprint density at radius 3 is 1.31 bits per heavy atom. The number of hydrogen-bond acceptors (Lipinski definition) is 2. The highest BCUT2D eigenvalue weighted by Gasteiger charge is 2.48. The standard InChI is InChI=1S/C29H58NO4P/c1-5-6-7-8-9-10-11-12-13-14-15-16-17-18-19-20-21-22-23-24-25-26-27-29(31,35(32,33)34)28-30(2,3)4/h11-12,19-20,31H,5-10,13-18,21-28H2,1-4H3,(H-,32,33,34)/p+1/b12-11-,20-19-. The number of rotatable bonds is 24. The molecule has 1 atom stereocenters. The van der Waals surface area contributed by atoms with Crippen molar-refractivity contribution in [2.75, 3.05) is 27.7 Å². The largest absolute Gasteiger partial charge is 0.373 e. The fourth-order valence-electron chi connectivity index (χ4n) is 4.49. The third-order valence-electron chi connectivity index (χ3n) is 6.52. The van der Waals surface area contributed by atoms with Crippen LogP contribution in [0.5, 0.6) is 0 Å². The summed E-state index contributed by atoms with van der Waals surface area (Å²) in [5, 5.41) is 8.64. The molecule has 0 amide bonds. The average molecular weight is 517 g/mol. The summed E-state index contributed by atoms with van der Waals surface area (Å²) >= 11 is 0. The average Bonchev–Trinajstić information content (AvgIpc) is 2.75. The van der Waals surface area contributed by atoms with Crippen molar-refractivity contribution in [2.45, 2.75) is 134 Å². The van der Waals surface area contributed by atoms with E-state index in [1.807, 2.05) is 21.1 Å². The highest BCUT2D eigenvalue weighted by atomic mass is 31.2. The van der Waals surface area contributed by atoms with E-state index in [0.717, 1.165) is 32.1 Å². The Bertz CT molecular complexity index is 594. The van der Waals surface area contributed by atoms with E-state index in [-0.39, 0.29) is 13.0 Å². The molecule has 0 aliphatic heterocycles. The second-order valence-electron chi connectivity index (χ2n) is 11.4. The van der Waals surface area contributed by atoms with Crippen LogP contribution in [0.15, 0.2) is 24.3 Å². The van der Waals surface area contributed by atoms with Crippen LogP contribution in [0.2, 0.25) is 0 Å². The molecule has 0 aliphatic carbocycles. The smallest absolute Gasteiger partial charge is 0.362 e. The molecule has 0 aromatic rings. The first-order chi connectivity index (χ1) is 16.5. The van der Waals surface area contributed by atoms with Crippen molar-refractivity contribution in [2.24, 2.45) is 0 Å². The molecule has 0 aromatic carbocycles. The van der Waals surface area contributed by atoms with Crippen molar-refractivity contribution in [3.63, 3.8) is 0 Å². The molecule has 35 heavy (non-hydrogen) atoms. The maximum atomic E-state index is 11.8. The molecule has 0 aliphatic rings. The Balaban J connectivity index is 3.59. The first-order valence-electron chi connectivity index (χ1n) is 14.4. The van der Waals surface area contributed by atoms with E-state index in [9.17, 15) is 19.5 Å². The summed E-state index contributed by atoms with van der Waals surface area (Å²) in [4.78, 5) is 19.2. The monoisotopic (exact) mass is 516 g/mol. The van der Waals surface area contributed by atoms with Crippen molar-refractivity contribution >= 4 is 7.60 Å². The third kappa shape index (κ3) is 21.4. The normalized spacial score (nSPS) is 14.8. The molecule has 0 radical (unpaired) electrons. The SMILES string of the molecule is CCCCCCC/C=C\CCCCCC/C=C\CCCCCCCC(O)(C[N+](C)(C)C)P(=O)(O)O. The predicted molar refractivity (Wildman–Crippen MR) is 152 cm³/mol. The fourth-order valence-corrected chi connectivity index (χ4v) is 5.55. The van der Waals surface area contributed by atoms with E-state index >= 15 is 0 Å². The molecule has 0 saturated heterocycles. The Morgan fingerprint density at radius 1 is 0.629 bits per heavy atom. The fraction of sp³-hybridized carbons (Fsp3) is 0.862. The van der Waals surface area contributed by atoms with Gasteiger partial charge in [-0.1, -0.05) is 89.0 Å². The van der Waals surface area contributed by atoms with Crippen LogP contribution in [-0.4, -0.2) is 52.4 Å². The summed E-state index contributed by atoms with van der Waals surface area (Å²) in [5.74, 6) is 0. The van der Waals surface area contributed by atoms with Gasteiger partial charge < -0.3 is 19.4 Å². The molecule has 0 saturated carbocycles. The zero-order valence-electron chi connectivity index (χ0n) is 23.6. The Labute approximate surface area is 217 Å². The topological polar surface area (TPSA) is 77.8 Å². The van der Waals surface area contributed by atoms with Crippen LogP contribution in [0.4, 0.5) is 0 Å². The summed E-state index contributed by atoms with van der Waals surface area (Å²) < 4.78 is 12.1. The van der Waals surface area contributed by atoms with Gasteiger partial charge in [0.05, 0.1) is 21.1 Å². The van der Waals surface area contributed by atoms with Crippen molar-refractivity contribution in [1.29, 1.82) is 0 Å². The highest BCUT2D eigenvalue weighted by Crippen LogP contribution is 2.52. The van der Waals surface area contributed by atoms with Gasteiger partial charge in [0, 0.05) is 0 Å². The van der Waals surface area contributed by atoms with Gasteiger partial charge in [-0.3, -0.25) is 4.57 Å². The molecule has 0 spiro atoms. The molecule has 0 heterocycles. The second kappa shape index (κ2) is 20.6. The minimum Gasteiger partial charge on any atom is -0.373 e. The molecule has 0 rings (SSSR count).